The maximum absolute atomic E-state index is 10.1. The van der Waals surface area contributed by atoms with Crippen LogP contribution in [0.3, 0.4) is 0 Å². The first-order valence-corrected chi connectivity index (χ1v) is 8.63. The molecule has 0 aliphatic heterocycles. The highest BCUT2D eigenvalue weighted by Crippen LogP contribution is 1.95. The molecule has 0 aliphatic rings. The molecule has 4 nitrogen and oxygen atoms in total. The molecule has 0 aromatic heterocycles. The third-order valence-corrected chi connectivity index (χ3v) is 2.76. The van der Waals surface area contributed by atoms with Gasteiger partial charge in [0.2, 0.25) is 0 Å². The van der Waals surface area contributed by atoms with Gasteiger partial charge in [-0.2, -0.15) is 0 Å². The summed E-state index contributed by atoms with van der Waals surface area (Å²) in [6.07, 6.45) is 0. The fraction of sp³-hybridized carbons (Fsp3) is 0.100. The number of benzene rings is 2. The van der Waals surface area contributed by atoms with Crippen molar-refractivity contribution in [2.75, 3.05) is 0 Å². The molecule has 0 bridgehead atoms. The van der Waals surface area contributed by atoms with Crippen LogP contribution in [-0.2, 0) is 17.2 Å². The molecule has 28 heavy (non-hydrogen) atoms. The summed E-state index contributed by atoms with van der Waals surface area (Å²) >= 11 is 5.01. The molecule has 0 saturated carbocycles. The summed E-state index contributed by atoms with van der Waals surface area (Å²) in [4.78, 5) is 20.3. The minimum absolute atomic E-state index is 0. The van der Waals surface area contributed by atoms with Crippen LogP contribution in [0.25, 0.3) is 0 Å². The van der Waals surface area contributed by atoms with Crippen LogP contribution in [0.1, 0.15) is 13.8 Å². The van der Waals surface area contributed by atoms with Crippen molar-refractivity contribution in [1.82, 2.24) is 0 Å². The highest BCUT2D eigenvalue weighted by atomic mass is 79.9. The van der Waals surface area contributed by atoms with Gasteiger partial charge in [0, 0.05) is 11.1 Å². The topological polar surface area (TPSA) is 52.6 Å². The second-order valence-electron chi connectivity index (χ2n) is 4.60. The summed E-state index contributed by atoms with van der Waals surface area (Å²) in [6.45, 7) is 9.79. The average Bonchev–Trinajstić information content (AvgIpc) is 2.70. The number of hydrogen-bond acceptors (Lipinski definition) is 4. The van der Waals surface area contributed by atoms with Crippen molar-refractivity contribution in [3.05, 3.63) is 97.1 Å². The van der Waals surface area contributed by atoms with Crippen LogP contribution >= 0.6 is 66.5 Å². The SMILES string of the molecule is Br.Br.C=C(C)C(=O)OBr.C=C(C)C(=O)OBr.c1ccccc1.c1ccccc1. The van der Waals surface area contributed by atoms with Gasteiger partial charge in [-0.1, -0.05) is 86.0 Å². The minimum Gasteiger partial charge on any atom is -0.380 e. The Labute approximate surface area is 205 Å². The maximum atomic E-state index is 10.1. The molecule has 0 amide bonds. The fourth-order valence-corrected chi connectivity index (χ4v) is 1.45. The normalized spacial score (nSPS) is 7.29. The second-order valence-corrected chi connectivity index (χ2v) is 5.25. The molecule has 0 unspecified atom stereocenters. The van der Waals surface area contributed by atoms with E-state index in [-0.39, 0.29) is 34.0 Å². The lowest BCUT2D eigenvalue weighted by Crippen LogP contribution is -1.94. The van der Waals surface area contributed by atoms with Crippen LogP contribution in [0.5, 0.6) is 0 Å². The Morgan fingerprint density at radius 2 is 0.714 bits per heavy atom. The first kappa shape index (κ1) is 34.3. The molecular formula is C20H24Br4O4. The van der Waals surface area contributed by atoms with Crippen LogP contribution in [0, 0.1) is 0 Å². The summed E-state index contributed by atoms with van der Waals surface area (Å²) in [6, 6.07) is 24.0. The lowest BCUT2D eigenvalue weighted by Gasteiger charge is -1.88. The smallest absolute Gasteiger partial charge is 0.344 e. The van der Waals surface area contributed by atoms with E-state index in [0.29, 0.717) is 11.1 Å². The van der Waals surface area contributed by atoms with Gasteiger partial charge >= 0.3 is 11.9 Å². The lowest BCUT2D eigenvalue weighted by atomic mass is 10.4. The van der Waals surface area contributed by atoms with Crippen LogP contribution in [0.15, 0.2) is 97.1 Å². The highest BCUT2D eigenvalue weighted by Gasteiger charge is 1.98. The number of halogens is 4. The van der Waals surface area contributed by atoms with E-state index in [1.54, 1.807) is 13.8 Å². The van der Waals surface area contributed by atoms with Crippen LogP contribution < -0.4 is 0 Å². The predicted octanol–water partition coefficient (Wildman–Crippen LogP) is 7.36. The Morgan fingerprint density at radius 3 is 0.750 bits per heavy atom. The van der Waals surface area contributed by atoms with Gasteiger partial charge in [0.1, 0.15) is 0 Å². The molecule has 0 spiro atoms. The first-order chi connectivity index (χ1) is 12.4. The van der Waals surface area contributed by atoms with Crippen molar-refractivity contribution in [2.45, 2.75) is 13.8 Å². The zero-order valence-corrected chi connectivity index (χ0v) is 22.1. The molecule has 0 N–H and O–H groups in total. The molecule has 8 heteroatoms. The van der Waals surface area contributed by atoms with E-state index in [0.717, 1.165) is 0 Å². The summed E-state index contributed by atoms with van der Waals surface area (Å²) in [5.41, 5.74) is 0.772. The van der Waals surface area contributed by atoms with E-state index in [2.05, 4.69) is 53.3 Å². The molecule has 0 heterocycles. The Hall–Kier alpha value is -1.22. The van der Waals surface area contributed by atoms with Gasteiger partial charge < -0.3 is 7.66 Å². The van der Waals surface area contributed by atoms with Crippen LogP contribution in [0.2, 0.25) is 0 Å². The maximum Gasteiger partial charge on any atom is 0.344 e. The molecule has 2 aromatic carbocycles. The highest BCUT2D eigenvalue weighted by molar-refractivity contribution is 9.06. The number of carbonyl (C=O) groups is 2. The molecule has 0 saturated heterocycles. The summed E-state index contributed by atoms with van der Waals surface area (Å²) < 4.78 is 8.17. The predicted molar refractivity (Wildman–Crippen MR) is 133 cm³/mol. The lowest BCUT2D eigenvalue weighted by molar-refractivity contribution is -0.129. The van der Waals surface area contributed by atoms with Crippen molar-refractivity contribution in [2.24, 2.45) is 0 Å². The van der Waals surface area contributed by atoms with E-state index in [4.69, 9.17) is 0 Å². The molecule has 0 radical (unpaired) electrons. The van der Waals surface area contributed by atoms with Crippen molar-refractivity contribution in [3.63, 3.8) is 0 Å². The molecule has 156 valence electrons. The quantitative estimate of drug-likeness (QED) is 0.320. The zero-order chi connectivity index (χ0) is 20.2. The first-order valence-electron chi connectivity index (χ1n) is 7.33. The minimum atomic E-state index is -0.431. The van der Waals surface area contributed by atoms with E-state index < -0.39 is 11.9 Å². The summed E-state index contributed by atoms with van der Waals surface area (Å²) in [5, 5.41) is 0. The van der Waals surface area contributed by atoms with E-state index >= 15 is 0 Å². The van der Waals surface area contributed by atoms with Gasteiger partial charge in [0.05, 0.1) is 0 Å². The van der Waals surface area contributed by atoms with Gasteiger partial charge in [-0.15, -0.1) is 34.0 Å². The Kier molecular flexibility index (Phi) is 31.6. The summed E-state index contributed by atoms with van der Waals surface area (Å²) in [7, 11) is 0. The fourth-order valence-electron chi connectivity index (χ4n) is 0.902. The Bertz CT molecular complexity index is 524. The Balaban J connectivity index is -0.000000134. The second kappa shape index (κ2) is 25.8. The number of rotatable bonds is 2. The molecule has 0 aliphatic carbocycles. The molecular weight excluding hydrogens is 624 g/mol. The standard InChI is InChI=1S/2C6H6.2C4H5BrO2.2BrH/c2*1-2-4-6-5-3-1;2*1-3(2)4(6)7-5;;/h2*1-6H;2*1H2,2H3;2*1H. The van der Waals surface area contributed by atoms with Gasteiger partial charge in [0.25, 0.3) is 0 Å². The van der Waals surface area contributed by atoms with Crippen molar-refractivity contribution in [3.8, 4) is 0 Å². The van der Waals surface area contributed by atoms with Crippen LogP contribution in [0.4, 0.5) is 0 Å². The Morgan fingerprint density at radius 1 is 0.571 bits per heavy atom. The molecule has 0 fully saturated rings. The van der Waals surface area contributed by atoms with Crippen molar-refractivity contribution >= 4 is 78.4 Å². The molecule has 0 atom stereocenters. The van der Waals surface area contributed by atoms with E-state index in [9.17, 15) is 9.59 Å². The van der Waals surface area contributed by atoms with Crippen LogP contribution in [-0.4, -0.2) is 11.9 Å². The molecule has 2 rings (SSSR count). The van der Waals surface area contributed by atoms with Gasteiger partial charge in [0.15, 0.2) is 32.5 Å². The largest absolute Gasteiger partial charge is 0.380 e. The van der Waals surface area contributed by atoms with Crippen molar-refractivity contribution in [1.29, 1.82) is 0 Å². The van der Waals surface area contributed by atoms with Gasteiger partial charge in [-0.05, 0) is 13.8 Å². The van der Waals surface area contributed by atoms with E-state index in [1.165, 1.54) is 0 Å². The number of hydrogen-bond donors (Lipinski definition) is 0. The average molecular weight is 648 g/mol. The zero-order valence-electron chi connectivity index (χ0n) is 15.5. The molecule has 2 aromatic rings. The van der Waals surface area contributed by atoms with Gasteiger partial charge in [-0.25, -0.2) is 9.59 Å². The third kappa shape index (κ3) is 27.0. The number of carbonyl (C=O) groups excluding carboxylic acids is 2. The summed E-state index contributed by atoms with van der Waals surface area (Å²) in [5.74, 6) is -0.861. The van der Waals surface area contributed by atoms with Gasteiger partial charge in [-0.3, -0.25) is 0 Å². The van der Waals surface area contributed by atoms with E-state index in [1.807, 2.05) is 72.8 Å². The monoisotopic (exact) mass is 644 g/mol. The van der Waals surface area contributed by atoms with Crippen molar-refractivity contribution < 1.29 is 17.2 Å². The third-order valence-electron chi connectivity index (χ3n) is 2.17.